The second kappa shape index (κ2) is 8.71. The number of nitrogens with two attached hydrogens (primary N) is 1. The van der Waals surface area contributed by atoms with E-state index in [9.17, 15) is 4.39 Å². The first kappa shape index (κ1) is 23.0. The molecule has 4 aromatic rings. The van der Waals surface area contributed by atoms with Crippen LogP contribution in [0.25, 0.3) is 33.5 Å². The molecule has 192 valence electrons. The summed E-state index contributed by atoms with van der Waals surface area (Å²) in [5, 5.41) is 8.00. The number of anilines is 2. The fraction of sp³-hybridized carbons (Fsp3) is 0.480. The van der Waals surface area contributed by atoms with Gasteiger partial charge in [0, 0.05) is 30.7 Å². The summed E-state index contributed by atoms with van der Waals surface area (Å²) in [6, 6.07) is 3.26. The van der Waals surface area contributed by atoms with Crippen molar-refractivity contribution in [1.29, 1.82) is 0 Å². The molecule has 37 heavy (non-hydrogen) atoms. The summed E-state index contributed by atoms with van der Waals surface area (Å²) in [5.74, 6) is 1.45. The van der Waals surface area contributed by atoms with Gasteiger partial charge in [0.2, 0.25) is 5.65 Å². The maximum absolute atomic E-state index is 14.9. The van der Waals surface area contributed by atoms with Gasteiger partial charge in [-0.15, -0.1) is 0 Å². The molecule has 1 aromatic carbocycles. The van der Waals surface area contributed by atoms with E-state index < -0.39 is 12.2 Å². The highest BCUT2D eigenvalue weighted by atomic mass is 35.5. The molecule has 3 N–H and O–H groups in total. The van der Waals surface area contributed by atoms with E-state index in [1.54, 1.807) is 6.20 Å². The van der Waals surface area contributed by atoms with Crippen molar-refractivity contribution >= 4 is 45.4 Å². The zero-order valence-corrected chi connectivity index (χ0v) is 21.1. The Labute approximate surface area is 217 Å². The highest BCUT2D eigenvalue weighted by molar-refractivity contribution is 6.38. The number of halogens is 2. The molecule has 2 bridgehead atoms. The minimum Gasteiger partial charge on any atom is -0.378 e. The van der Waals surface area contributed by atoms with Crippen molar-refractivity contribution in [3.8, 4) is 11.3 Å². The Morgan fingerprint density at radius 2 is 1.97 bits per heavy atom. The number of alkyl halides is 1. The summed E-state index contributed by atoms with van der Waals surface area (Å²) >= 11 is 6.91. The summed E-state index contributed by atoms with van der Waals surface area (Å²) in [6.07, 6.45) is 2.98. The molecule has 3 saturated heterocycles. The van der Waals surface area contributed by atoms with E-state index >= 15 is 0 Å². The topological polar surface area (TPSA) is 122 Å². The van der Waals surface area contributed by atoms with E-state index in [4.69, 9.17) is 37.0 Å². The number of piperidine rings is 1. The van der Waals surface area contributed by atoms with Crippen LogP contribution >= 0.6 is 11.6 Å². The number of aromatic amines is 1. The molecule has 4 atom stereocenters. The number of hydrogen-bond acceptors (Lipinski definition) is 9. The van der Waals surface area contributed by atoms with Crippen molar-refractivity contribution in [3.05, 3.63) is 29.0 Å². The first-order valence-electron chi connectivity index (χ1n) is 12.7. The maximum atomic E-state index is 14.9. The minimum atomic E-state index is -1.08. The second-order valence-corrected chi connectivity index (χ2v) is 10.5. The first-order chi connectivity index (χ1) is 18.0. The number of aryl methyl sites for hydroxylation is 1. The lowest BCUT2D eigenvalue weighted by atomic mass is 9.96. The molecule has 0 saturated carbocycles. The SMILES string of the molecule is Cc1nc2c(-c3ccc4ncc(N5CCOCC5)nc4c3Cl)[nH]nc2nc1N1[C@H]2CC[C@@H]1[C@@H](F)[C@@H](N)C2. The van der Waals surface area contributed by atoms with E-state index in [1.165, 1.54) is 0 Å². The van der Waals surface area contributed by atoms with Crippen molar-refractivity contribution < 1.29 is 9.13 Å². The number of aromatic nitrogens is 6. The number of fused-ring (bicyclic) bond motifs is 4. The molecular formula is C25H27ClFN9O. The summed E-state index contributed by atoms with van der Waals surface area (Å²) in [4.78, 5) is 23.3. The molecule has 10 nitrogen and oxygen atoms in total. The molecule has 3 aliphatic rings. The van der Waals surface area contributed by atoms with Crippen LogP contribution in [-0.4, -0.2) is 80.7 Å². The Morgan fingerprint density at radius 1 is 1.14 bits per heavy atom. The lowest BCUT2D eigenvalue weighted by molar-refractivity contribution is 0.122. The lowest BCUT2D eigenvalue weighted by Gasteiger charge is -2.41. The van der Waals surface area contributed by atoms with Gasteiger partial charge in [0.15, 0.2) is 5.82 Å². The van der Waals surface area contributed by atoms with E-state index in [-0.39, 0.29) is 12.1 Å². The van der Waals surface area contributed by atoms with Crippen molar-refractivity contribution in [1.82, 2.24) is 30.1 Å². The Kier molecular flexibility index (Phi) is 5.42. The van der Waals surface area contributed by atoms with Crippen LogP contribution in [0.1, 0.15) is 25.0 Å². The molecular weight excluding hydrogens is 497 g/mol. The van der Waals surface area contributed by atoms with Gasteiger partial charge in [-0.05, 0) is 38.3 Å². The number of morpholine rings is 1. The van der Waals surface area contributed by atoms with Crippen molar-refractivity contribution in [2.24, 2.45) is 5.73 Å². The average molecular weight is 524 g/mol. The largest absolute Gasteiger partial charge is 0.378 e. The Bertz CT molecular complexity index is 1510. The standard InChI is InChI=1S/C25H27ClFN9O/c1-12-25(36-13-2-5-17(36)20(27)15(28)10-13)32-24-23(30-12)21(33-34-24)14-3-4-16-22(19(14)26)31-18(11-29-16)35-6-8-37-9-7-35/h3-4,11,13,15,17,20H,2,5-10,28H2,1H3,(H,32,33,34)/t13-,15-,17+,20-/m0/s1. The Morgan fingerprint density at radius 3 is 2.81 bits per heavy atom. The number of hydrogen-bond donors (Lipinski definition) is 2. The third-order valence-corrected chi connectivity index (χ3v) is 8.28. The second-order valence-electron chi connectivity index (χ2n) is 10.1. The third-order valence-electron chi connectivity index (χ3n) is 7.89. The van der Waals surface area contributed by atoms with Gasteiger partial charge in [0.1, 0.15) is 23.0 Å². The maximum Gasteiger partial charge on any atom is 0.202 e. The van der Waals surface area contributed by atoms with E-state index in [0.717, 1.165) is 43.0 Å². The zero-order valence-electron chi connectivity index (χ0n) is 20.4. The number of nitrogens with zero attached hydrogens (tertiary/aromatic N) is 7. The van der Waals surface area contributed by atoms with Crippen molar-refractivity contribution in [3.63, 3.8) is 0 Å². The highest BCUT2D eigenvalue weighted by Gasteiger charge is 2.47. The van der Waals surface area contributed by atoms with Crippen LogP contribution < -0.4 is 15.5 Å². The van der Waals surface area contributed by atoms with Gasteiger partial charge in [0.25, 0.3) is 0 Å². The minimum absolute atomic E-state index is 0.171. The summed E-state index contributed by atoms with van der Waals surface area (Å²) < 4.78 is 20.4. The Balaban J connectivity index is 1.29. The van der Waals surface area contributed by atoms with Gasteiger partial charge in [-0.1, -0.05) is 11.6 Å². The molecule has 3 aromatic heterocycles. The number of ether oxygens (including phenoxy) is 1. The van der Waals surface area contributed by atoms with Crippen molar-refractivity contribution in [2.45, 2.75) is 50.5 Å². The third kappa shape index (κ3) is 3.63. The summed E-state index contributed by atoms with van der Waals surface area (Å²) in [6.45, 7) is 4.74. The fourth-order valence-corrected chi connectivity index (χ4v) is 6.33. The normalized spacial score (nSPS) is 25.9. The number of benzene rings is 1. The van der Waals surface area contributed by atoms with E-state index in [1.807, 2.05) is 19.1 Å². The smallest absolute Gasteiger partial charge is 0.202 e. The predicted octanol–water partition coefficient (Wildman–Crippen LogP) is 3.17. The monoisotopic (exact) mass is 523 g/mol. The molecule has 0 spiro atoms. The van der Waals surface area contributed by atoms with Gasteiger partial charge in [-0.2, -0.15) is 5.10 Å². The first-order valence-corrected chi connectivity index (χ1v) is 13.1. The molecule has 7 rings (SSSR count). The zero-order chi connectivity index (χ0) is 25.3. The summed E-state index contributed by atoms with van der Waals surface area (Å²) in [5.41, 5.74) is 10.6. The van der Waals surface area contributed by atoms with Crippen LogP contribution in [0.4, 0.5) is 16.0 Å². The average Bonchev–Trinajstić information content (AvgIpc) is 3.48. The molecule has 0 unspecified atom stereocenters. The molecule has 12 heteroatoms. The number of H-pyrrole nitrogens is 1. The van der Waals surface area contributed by atoms with Crippen LogP contribution in [0, 0.1) is 6.92 Å². The Hall–Kier alpha value is -3.15. The van der Waals surface area contributed by atoms with Crippen molar-refractivity contribution in [2.75, 3.05) is 36.1 Å². The molecule has 0 radical (unpaired) electrons. The highest BCUT2D eigenvalue weighted by Crippen LogP contribution is 2.41. The molecule has 6 heterocycles. The van der Waals surface area contributed by atoms with Crippen LogP contribution in [0.3, 0.4) is 0 Å². The van der Waals surface area contributed by atoms with Gasteiger partial charge in [-0.3, -0.25) is 10.1 Å². The number of rotatable bonds is 3. The number of nitrogens with one attached hydrogen (secondary N) is 1. The van der Waals surface area contributed by atoms with Gasteiger partial charge in [0.05, 0.1) is 47.4 Å². The quantitative estimate of drug-likeness (QED) is 0.417. The van der Waals surface area contributed by atoms with E-state index in [2.05, 4.69) is 25.0 Å². The van der Waals surface area contributed by atoms with Crippen LogP contribution in [0.5, 0.6) is 0 Å². The van der Waals surface area contributed by atoms with Gasteiger partial charge in [-0.25, -0.2) is 19.3 Å². The predicted molar refractivity (Wildman–Crippen MR) is 140 cm³/mol. The fourth-order valence-electron chi connectivity index (χ4n) is 6.03. The summed E-state index contributed by atoms with van der Waals surface area (Å²) in [7, 11) is 0. The van der Waals surface area contributed by atoms with Gasteiger partial charge < -0.3 is 20.3 Å². The van der Waals surface area contributed by atoms with Gasteiger partial charge >= 0.3 is 0 Å². The molecule has 0 aliphatic carbocycles. The molecule has 3 aliphatic heterocycles. The van der Waals surface area contributed by atoms with Crippen LogP contribution in [-0.2, 0) is 4.74 Å². The lowest BCUT2D eigenvalue weighted by Crippen LogP contribution is -2.56. The van der Waals surface area contributed by atoms with E-state index in [0.29, 0.717) is 58.4 Å². The van der Waals surface area contributed by atoms with Crippen LogP contribution in [0.15, 0.2) is 18.3 Å². The molecule has 0 amide bonds. The molecule has 3 fully saturated rings. The van der Waals surface area contributed by atoms with Crippen LogP contribution in [0.2, 0.25) is 5.02 Å².